The zero-order valence-electron chi connectivity index (χ0n) is 14.1. The van der Waals surface area contributed by atoms with Crippen molar-refractivity contribution in [1.29, 1.82) is 0 Å². The summed E-state index contributed by atoms with van der Waals surface area (Å²) >= 11 is 0. The van der Waals surface area contributed by atoms with Gasteiger partial charge < -0.3 is 20.1 Å². The first kappa shape index (κ1) is 17.1. The van der Waals surface area contributed by atoms with Gasteiger partial charge in [-0.2, -0.15) is 0 Å². The minimum absolute atomic E-state index is 0.157. The molecule has 0 radical (unpaired) electrons. The summed E-state index contributed by atoms with van der Waals surface area (Å²) < 4.78 is 11.4. The van der Waals surface area contributed by atoms with Crippen LogP contribution in [0.15, 0.2) is 12.1 Å². The van der Waals surface area contributed by atoms with Gasteiger partial charge in [-0.3, -0.25) is 9.59 Å². The number of hydrogen-bond donors (Lipinski definition) is 2. The maximum atomic E-state index is 12.0. The first-order chi connectivity index (χ1) is 10.9. The smallest absolute Gasteiger partial charge is 0.242 e. The van der Waals surface area contributed by atoms with Gasteiger partial charge in [-0.15, -0.1) is 0 Å². The Morgan fingerprint density at radius 3 is 2.83 bits per heavy atom. The molecule has 0 bridgehead atoms. The molecule has 0 saturated heterocycles. The summed E-state index contributed by atoms with van der Waals surface area (Å²) in [5.74, 6) is 1.14. The van der Waals surface area contributed by atoms with E-state index in [1.807, 2.05) is 26.0 Å². The van der Waals surface area contributed by atoms with Crippen LogP contribution in [0.3, 0.4) is 0 Å². The van der Waals surface area contributed by atoms with Crippen molar-refractivity contribution >= 4 is 11.8 Å². The molecular formula is C17H24N2O4. The number of hydrogen-bond acceptors (Lipinski definition) is 4. The maximum absolute atomic E-state index is 12.0. The summed E-state index contributed by atoms with van der Waals surface area (Å²) in [5, 5.41) is 5.38. The Labute approximate surface area is 136 Å². The van der Waals surface area contributed by atoms with Crippen LogP contribution < -0.4 is 20.1 Å². The first-order valence-corrected chi connectivity index (χ1v) is 7.90. The van der Waals surface area contributed by atoms with E-state index >= 15 is 0 Å². The van der Waals surface area contributed by atoms with Crippen molar-refractivity contribution in [2.75, 3.05) is 6.61 Å². The third-order valence-corrected chi connectivity index (χ3v) is 3.65. The molecule has 1 heterocycles. The average Bonchev–Trinajstić information content (AvgIpc) is 2.83. The van der Waals surface area contributed by atoms with Crippen LogP contribution in [-0.4, -0.2) is 30.6 Å². The van der Waals surface area contributed by atoms with Crippen LogP contribution in [0.25, 0.3) is 0 Å². The highest BCUT2D eigenvalue weighted by molar-refractivity contribution is 5.86. The van der Waals surface area contributed by atoms with E-state index in [2.05, 4.69) is 10.6 Å². The zero-order chi connectivity index (χ0) is 17.0. The summed E-state index contributed by atoms with van der Waals surface area (Å²) in [6, 6.07) is 3.34. The number of amides is 2. The average molecular weight is 320 g/mol. The summed E-state index contributed by atoms with van der Waals surface area (Å²) in [4.78, 5) is 23.0. The molecule has 6 heteroatoms. The molecule has 1 aliphatic heterocycles. The number of carbonyl (C=O) groups is 2. The van der Waals surface area contributed by atoms with Gasteiger partial charge in [-0.05, 0) is 32.9 Å². The molecule has 1 unspecified atom stereocenters. The first-order valence-electron chi connectivity index (χ1n) is 7.90. The van der Waals surface area contributed by atoms with Gasteiger partial charge in [-0.1, -0.05) is 0 Å². The van der Waals surface area contributed by atoms with Crippen LogP contribution in [0, 0.1) is 0 Å². The zero-order valence-corrected chi connectivity index (χ0v) is 14.1. The Hall–Kier alpha value is -2.24. The number of nitrogens with one attached hydrogen (secondary N) is 2. The summed E-state index contributed by atoms with van der Waals surface area (Å²) in [6.07, 6.45) is 1.02. The molecule has 2 rings (SSSR count). The lowest BCUT2D eigenvalue weighted by Gasteiger charge is -2.16. The molecule has 2 amide bonds. The Kier molecular flexibility index (Phi) is 5.47. The fourth-order valence-corrected chi connectivity index (χ4v) is 2.62. The normalized spacial score (nSPS) is 17.0. The van der Waals surface area contributed by atoms with Crippen LogP contribution in [0.5, 0.6) is 11.5 Å². The van der Waals surface area contributed by atoms with E-state index < -0.39 is 6.04 Å². The molecule has 1 aromatic rings. The molecule has 23 heavy (non-hydrogen) atoms. The van der Waals surface area contributed by atoms with E-state index in [0.717, 1.165) is 29.0 Å². The molecule has 0 aromatic heterocycles. The third-order valence-electron chi connectivity index (χ3n) is 3.65. The highest BCUT2D eigenvalue weighted by atomic mass is 16.5. The minimum Gasteiger partial charge on any atom is -0.494 e. The second-order valence-corrected chi connectivity index (χ2v) is 5.77. The molecule has 126 valence electrons. The fourth-order valence-electron chi connectivity index (χ4n) is 2.62. The molecule has 0 aliphatic carbocycles. The van der Waals surface area contributed by atoms with Crippen molar-refractivity contribution in [3.05, 3.63) is 23.3 Å². The molecule has 1 aliphatic rings. The summed E-state index contributed by atoms with van der Waals surface area (Å²) in [6.45, 7) is 7.86. The summed E-state index contributed by atoms with van der Waals surface area (Å²) in [5.41, 5.74) is 1.99. The van der Waals surface area contributed by atoms with Crippen molar-refractivity contribution in [2.24, 2.45) is 0 Å². The standard InChI is InChI=1S/C17H24N2O4/c1-5-22-15-7-13-6-10(2)23-16(13)8-14(15)9-18-17(21)11(3)19-12(4)20/h7-8,10-11H,5-6,9H2,1-4H3,(H,18,21)(H,19,20)/t10?,11-/m0/s1. The van der Waals surface area contributed by atoms with Crippen molar-refractivity contribution in [1.82, 2.24) is 10.6 Å². The predicted octanol–water partition coefficient (Wildman–Crippen LogP) is 1.55. The largest absolute Gasteiger partial charge is 0.494 e. The Balaban J connectivity index is 2.08. The fraction of sp³-hybridized carbons (Fsp3) is 0.529. The van der Waals surface area contributed by atoms with Crippen molar-refractivity contribution in [3.8, 4) is 11.5 Å². The van der Waals surface area contributed by atoms with E-state index in [0.29, 0.717) is 13.2 Å². The highest BCUT2D eigenvalue weighted by Gasteiger charge is 2.22. The lowest BCUT2D eigenvalue weighted by Crippen LogP contribution is -2.43. The molecule has 1 aromatic carbocycles. The predicted molar refractivity (Wildman–Crippen MR) is 86.5 cm³/mol. The topological polar surface area (TPSA) is 76.7 Å². The number of ether oxygens (including phenoxy) is 2. The van der Waals surface area contributed by atoms with Crippen LogP contribution in [0.1, 0.15) is 38.8 Å². The van der Waals surface area contributed by atoms with E-state index in [-0.39, 0.29) is 17.9 Å². The van der Waals surface area contributed by atoms with Crippen molar-refractivity contribution in [2.45, 2.75) is 52.8 Å². The van der Waals surface area contributed by atoms with Crippen molar-refractivity contribution in [3.63, 3.8) is 0 Å². The van der Waals surface area contributed by atoms with Gasteiger partial charge in [0, 0.05) is 31.0 Å². The maximum Gasteiger partial charge on any atom is 0.242 e. The quantitative estimate of drug-likeness (QED) is 0.834. The van der Waals surface area contributed by atoms with Crippen LogP contribution in [-0.2, 0) is 22.6 Å². The van der Waals surface area contributed by atoms with Gasteiger partial charge in [0.25, 0.3) is 0 Å². The number of carbonyl (C=O) groups excluding carboxylic acids is 2. The second-order valence-electron chi connectivity index (χ2n) is 5.77. The molecular weight excluding hydrogens is 296 g/mol. The Morgan fingerprint density at radius 1 is 1.43 bits per heavy atom. The number of benzene rings is 1. The number of rotatable bonds is 6. The Bertz CT molecular complexity index is 601. The van der Waals surface area contributed by atoms with E-state index in [1.54, 1.807) is 6.92 Å². The monoisotopic (exact) mass is 320 g/mol. The van der Waals surface area contributed by atoms with Crippen LogP contribution >= 0.6 is 0 Å². The van der Waals surface area contributed by atoms with Gasteiger partial charge in [0.2, 0.25) is 11.8 Å². The highest BCUT2D eigenvalue weighted by Crippen LogP contribution is 2.35. The van der Waals surface area contributed by atoms with Crippen LogP contribution in [0.2, 0.25) is 0 Å². The number of fused-ring (bicyclic) bond motifs is 1. The SMILES string of the molecule is CCOc1cc2c(cc1CNC(=O)[C@H](C)NC(C)=O)OC(C)C2. The van der Waals surface area contributed by atoms with Gasteiger partial charge in [-0.25, -0.2) is 0 Å². The molecule has 6 nitrogen and oxygen atoms in total. The molecule has 2 N–H and O–H groups in total. The molecule has 0 spiro atoms. The molecule has 0 saturated carbocycles. The lowest BCUT2D eigenvalue weighted by molar-refractivity contribution is -0.127. The van der Waals surface area contributed by atoms with Gasteiger partial charge in [0.05, 0.1) is 6.61 Å². The van der Waals surface area contributed by atoms with Gasteiger partial charge in [0.15, 0.2) is 0 Å². The van der Waals surface area contributed by atoms with E-state index in [1.165, 1.54) is 6.92 Å². The molecule has 2 atom stereocenters. The van der Waals surface area contributed by atoms with Gasteiger partial charge >= 0.3 is 0 Å². The third kappa shape index (κ3) is 4.37. The van der Waals surface area contributed by atoms with E-state index in [4.69, 9.17) is 9.47 Å². The lowest BCUT2D eigenvalue weighted by atomic mass is 10.1. The van der Waals surface area contributed by atoms with E-state index in [9.17, 15) is 9.59 Å². The van der Waals surface area contributed by atoms with Crippen molar-refractivity contribution < 1.29 is 19.1 Å². The Morgan fingerprint density at radius 2 is 2.17 bits per heavy atom. The van der Waals surface area contributed by atoms with Gasteiger partial charge in [0.1, 0.15) is 23.6 Å². The second kappa shape index (κ2) is 7.35. The van der Waals surface area contributed by atoms with Crippen LogP contribution in [0.4, 0.5) is 0 Å². The molecule has 0 fully saturated rings. The minimum atomic E-state index is -0.575. The summed E-state index contributed by atoms with van der Waals surface area (Å²) in [7, 11) is 0.